The van der Waals surface area contributed by atoms with Gasteiger partial charge in [0.2, 0.25) is 41.4 Å². The topological polar surface area (TPSA) is 424 Å². The molecule has 12 atom stereocenters. The first-order valence-corrected chi connectivity index (χ1v) is 42.7. The van der Waals surface area contributed by atoms with E-state index in [2.05, 4.69) is 42.5 Å². The van der Waals surface area contributed by atoms with E-state index in [0.29, 0.717) is 62.8 Å². The quantitative estimate of drug-likeness (QED) is 0.0129. The molecule has 36 heteroatoms. The number of likely N-dealkylation sites (N-methyl/N-ethyl adjacent to an activating group) is 2. The summed E-state index contributed by atoms with van der Waals surface area (Å²) in [5.74, 6) is -12.4. The van der Waals surface area contributed by atoms with Crippen LogP contribution in [0.3, 0.4) is 0 Å². The lowest BCUT2D eigenvalue weighted by atomic mass is 9.89. The maximum Gasteiger partial charge on any atom is 0.410 e. The Morgan fingerprint density at radius 3 is 1.75 bits per heavy atom. The summed E-state index contributed by atoms with van der Waals surface area (Å²) in [7, 11) is 8.93. The molecular formula is C88H117F2N13O19S2. The van der Waals surface area contributed by atoms with Crippen LogP contribution in [0.15, 0.2) is 135 Å². The number of benzene rings is 5. The minimum absolute atomic E-state index is 0.0283. The highest BCUT2D eigenvalue weighted by Crippen LogP contribution is 2.45. The minimum atomic E-state index is -1.30. The van der Waals surface area contributed by atoms with Gasteiger partial charge >= 0.3 is 12.1 Å². The molecule has 11 N–H and O–H groups in total. The SMILES string of the molecule is CCC(C)[C@@H]([C@@H](CC(=O)N1CCC[C@H]1[C@H](OC)[C@@H](C)C(=O)N[C@H](C)[C@@H](O)c1ccccc1)OC)N(C)C(=O)[C@@H](NC(=O)[C@H](C(C)C)N(C)C(=O)OCc1ccc(NC(=O)[C@H](CCCNC(N)=O)NC(=O)[C@@H](NC(=O)COCCOc2c(F)cc(N3C(=O)C(Sc4ccc(C(=O)NC)cc4)=C(Sc4ccc(C(=O)NC)cc4)C3=O)cc2F)C(C)C)cc1)C(C)C. The standard InChI is InChI=1S/C88H117F2N13O19S2/c1-17-51(8)72(66(118-15)45-68(105)102-40-22-26-65(102)74(119-16)52(9)78(107)95-53(10)73(106)55-23-19-18-20-24-55)100(13)84(113)70(49(4)5)99-83(112)71(50(6)7)101(14)88(117)122-46-54-27-33-58(34-28-54)96-81(110)64(25-21-39-94-87(91)116)97-82(111)69(48(2)3)98-67(104)47-120-41-42-121-75-62(89)43-59(44-63(75)90)103-85(114)76(123-60-35-29-56(30-36-60)79(108)92-11)77(86(103)115)124-61-37-31-57(32-38-61)80(109)93-12/h18-20,23-24,27-38,43-44,48-53,64-66,69-74,106H,17,21-22,25-26,39-42,45-47H2,1-16H3,(H,92,108)(H,93,109)(H,95,107)(H,96,110)(H,97,111)(H,98,104)(H,99,112)(H3,91,94,116)/t51?,52-,53-,64+,65+,66-,69+,70+,71+,72+,73-,74-/m1/s1. The molecule has 14 amide bonds. The van der Waals surface area contributed by atoms with E-state index in [0.717, 1.165) is 40.6 Å². The summed E-state index contributed by atoms with van der Waals surface area (Å²) in [4.78, 5) is 183. The van der Waals surface area contributed by atoms with E-state index in [1.165, 1.54) is 76.7 Å². The van der Waals surface area contributed by atoms with Crippen LogP contribution in [0.5, 0.6) is 5.75 Å². The number of thioether (sulfide) groups is 2. The fraction of sp³-hybridized carbons (Fsp3) is 0.489. The molecule has 32 nitrogen and oxygen atoms in total. The van der Waals surface area contributed by atoms with Gasteiger partial charge in [0.1, 0.15) is 44.0 Å². The summed E-state index contributed by atoms with van der Waals surface area (Å²) >= 11 is 1.79. The molecule has 1 saturated heterocycles. The lowest BCUT2D eigenvalue weighted by Gasteiger charge is -2.41. The number of nitrogens with zero attached hydrogens (tertiary/aromatic N) is 4. The van der Waals surface area contributed by atoms with Crippen molar-refractivity contribution in [1.82, 2.24) is 51.9 Å². The van der Waals surface area contributed by atoms with Crippen molar-refractivity contribution in [3.05, 3.63) is 159 Å². The molecule has 5 aromatic carbocycles. The Labute approximate surface area is 730 Å². The molecule has 2 aliphatic heterocycles. The van der Waals surface area contributed by atoms with E-state index < -0.39 is 181 Å². The highest BCUT2D eigenvalue weighted by atomic mass is 32.2. The number of likely N-dealkylation sites (tertiary alicyclic amines) is 1. The van der Waals surface area contributed by atoms with Gasteiger partial charge in [-0.05, 0) is 128 Å². The van der Waals surface area contributed by atoms with Crippen LogP contribution in [0.1, 0.15) is 146 Å². The summed E-state index contributed by atoms with van der Waals surface area (Å²) in [5, 5.41) is 32.3. The normalized spacial score (nSPS) is 16.0. The van der Waals surface area contributed by atoms with Gasteiger partial charge in [-0.1, -0.05) is 135 Å². The zero-order valence-corrected chi connectivity index (χ0v) is 74.5. The number of urea groups is 1. The molecule has 124 heavy (non-hydrogen) atoms. The lowest BCUT2D eigenvalue weighted by Crippen LogP contribution is -2.60. The van der Waals surface area contributed by atoms with Crippen LogP contribution in [0.4, 0.5) is 29.7 Å². The number of carbonyl (C=O) groups is 13. The first-order chi connectivity index (χ1) is 58.9. The summed E-state index contributed by atoms with van der Waals surface area (Å²) in [5.41, 5.74) is 6.85. The predicted molar refractivity (Wildman–Crippen MR) is 463 cm³/mol. The number of anilines is 2. The van der Waals surface area contributed by atoms with E-state index in [9.17, 15) is 67.4 Å². The van der Waals surface area contributed by atoms with Gasteiger partial charge in [0.15, 0.2) is 17.4 Å². The Kier molecular flexibility index (Phi) is 38.5. The van der Waals surface area contributed by atoms with Crippen molar-refractivity contribution in [3.8, 4) is 5.75 Å². The number of methoxy groups -OCH3 is 2. The van der Waals surface area contributed by atoms with Crippen molar-refractivity contribution in [2.45, 2.75) is 185 Å². The van der Waals surface area contributed by atoms with Gasteiger partial charge in [-0.3, -0.25) is 57.6 Å². The number of rotatable bonds is 45. The Balaban J connectivity index is 0.910. The summed E-state index contributed by atoms with van der Waals surface area (Å²) in [6.07, 6.45) is -1.50. The molecule has 0 aliphatic carbocycles. The minimum Gasteiger partial charge on any atom is -0.485 e. The fourth-order valence-corrected chi connectivity index (χ4v) is 16.6. The van der Waals surface area contributed by atoms with Crippen LogP contribution < -0.4 is 57.9 Å². The number of imide groups is 1. The van der Waals surface area contributed by atoms with Crippen LogP contribution in [0.25, 0.3) is 0 Å². The third-order valence-corrected chi connectivity index (χ3v) is 23.9. The smallest absolute Gasteiger partial charge is 0.410 e. The summed E-state index contributed by atoms with van der Waals surface area (Å²) in [6, 6.07) is 21.7. The van der Waals surface area contributed by atoms with Crippen molar-refractivity contribution in [3.63, 3.8) is 0 Å². The molecule has 674 valence electrons. The Morgan fingerprint density at radius 2 is 1.23 bits per heavy atom. The molecular weight excluding hydrogens is 1650 g/mol. The van der Waals surface area contributed by atoms with Crippen molar-refractivity contribution in [1.29, 1.82) is 0 Å². The van der Waals surface area contributed by atoms with E-state index >= 15 is 8.78 Å². The molecule has 7 rings (SSSR count). The predicted octanol–water partition coefficient (Wildman–Crippen LogP) is 8.35. The first-order valence-electron chi connectivity index (χ1n) is 41.1. The van der Waals surface area contributed by atoms with Gasteiger partial charge < -0.3 is 86.9 Å². The molecule has 0 radical (unpaired) electrons. The molecule has 0 aromatic heterocycles. The average Bonchev–Trinajstić information content (AvgIpc) is 1.60. The number of ether oxygens (including phenoxy) is 5. The number of nitrogens with two attached hydrogens (primary N) is 1. The summed E-state index contributed by atoms with van der Waals surface area (Å²) < 4.78 is 60.4. The zero-order chi connectivity index (χ0) is 91.5. The second-order valence-electron chi connectivity index (χ2n) is 31.5. The summed E-state index contributed by atoms with van der Waals surface area (Å²) in [6.45, 7) is 16.2. The number of amides is 14. The molecule has 1 unspecified atom stereocenters. The van der Waals surface area contributed by atoms with Crippen LogP contribution in [0.2, 0.25) is 0 Å². The third kappa shape index (κ3) is 27.0. The van der Waals surface area contributed by atoms with Crippen LogP contribution >= 0.6 is 23.5 Å². The second kappa shape index (κ2) is 47.7. The highest BCUT2D eigenvalue weighted by Gasteiger charge is 2.46. The zero-order valence-electron chi connectivity index (χ0n) is 72.8. The van der Waals surface area contributed by atoms with Crippen LogP contribution in [-0.2, 0) is 68.7 Å². The van der Waals surface area contributed by atoms with E-state index in [-0.39, 0.29) is 77.5 Å². The average molecular weight is 1760 g/mol. The number of primary amides is 1. The van der Waals surface area contributed by atoms with Crippen molar-refractivity contribution in [2.24, 2.45) is 35.3 Å². The Hall–Kier alpha value is -11.1. The molecule has 2 heterocycles. The van der Waals surface area contributed by atoms with Crippen molar-refractivity contribution < 1.29 is 99.9 Å². The molecule has 5 aromatic rings. The molecule has 1 fully saturated rings. The fourth-order valence-electron chi connectivity index (χ4n) is 14.6. The number of aliphatic hydroxyl groups is 1. The van der Waals surface area contributed by atoms with Gasteiger partial charge in [0, 0.05) is 94.2 Å². The number of carbonyl (C=O) groups excluding carboxylic acids is 13. The molecule has 0 bridgehead atoms. The van der Waals surface area contributed by atoms with Crippen molar-refractivity contribution in [2.75, 3.05) is 85.5 Å². The van der Waals surface area contributed by atoms with Gasteiger partial charge in [0.25, 0.3) is 23.6 Å². The number of halogens is 2. The Bertz CT molecular complexity index is 4480. The van der Waals surface area contributed by atoms with Gasteiger partial charge in [0.05, 0.1) is 70.9 Å². The number of nitrogens with one attached hydrogen (secondary N) is 8. The van der Waals surface area contributed by atoms with Gasteiger partial charge in [-0.2, -0.15) is 0 Å². The number of hydrogen-bond donors (Lipinski definition) is 10. The maximum absolute atomic E-state index is 15.9. The molecule has 0 spiro atoms. The first kappa shape index (κ1) is 100. The van der Waals surface area contributed by atoms with E-state index in [1.807, 2.05) is 19.9 Å². The maximum atomic E-state index is 15.9. The molecule has 0 saturated carbocycles. The van der Waals surface area contributed by atoms with E-state index in [1.54, 1.807) is 128 Å². The number of hydrogen-bond acceptors (Lipinski definition) is 21. The molecule has 2 aliphatic rings. The Morgan fingerprint density at radius 1 is 0.661 bits per heavy atom. The van der Waals surface area contributed by atoms with Crippen LogP contribution in [0, 0.1) is 41.2 Å². The third-order valence-electron chi connectivity index (χ3n) is 21.6. The van der Waals surface area contributed by atoms with Crippen molar-refractivity contribution >= 4 is 112 Å². The lowest BCUT2D eigenvalue weighted by molar-refractivity contribution is -0.148. The van der Waals surface area contributed by atoms with Gasteiger partial charge in [-0.15, -0.1) is 0 Å². The highest BCUT2D eigenvalue weighted by molar-refractivity contribution is 8.08. The largest absolute Gasteiger partial charge is 0.485 e. The van der Waals surface area contributed by atoms with E-state index in [4.69, 9.17) is 29.4 Å². The second-order valence-corrected chi connectivity index (χ2v) is 33.6. The van der Waals surface area contributed by atoms with Gasteiger partial charge in [-0.25, -0.2) is 23.3 Å². The van der Waals surface area contributed by atoms with Crippen LogP contribution in [-0.4, -0.2) is 227 Å². The number of aliphatic hydroxyl groups excluding tert-OH is 1. The monoisotopic (exact) mass is 1760 g/mol.